The number of carbonyl (C=O) groups is 7. The van der Waals surface area contributed by atoms with E-state index in [1.807, 2.05) is 34.6 Å². The van der Waals surface area contributed by atoms with Crippen LogP contribution in [0.1, 0.15) is 113 Å². The second-order valence-electron chi connectivity index (χ2n) is 19.7. The van der Waals surface area contributed by atoms with Crippen LogP contribution in [-0.2, 0) is 49.5 Å². The van der Waals surface area contributed by atoms with Crippen LogP contribution < -0.4 is 26.0 Å². The number of carbonyl (C=O) groups excluding carboxylic acids is 7. The maximum absolute atomic E-state index is 14.7. The van der Waals surface area contributed by atoms with Crippen molar-refractivity contribution in [1.29, 1.82) is 0 Å². The fourth-order valence-corrected chi connectivity index (χ4v) is 8.71. The molecule has 2 fully saturated rings. The highest BCUT2D eigenvalue weighted by Crippen LogP contribution is 2.26. The van der Waals surface area contributed by atoms with Crippen molar-refractivity contribution in [3.63, 3.8) is 0 Å². The first kappa shape index (κ1) is 56.5. The molecule has 0 saturated carbocycles. The monoisotopic (exact) mass is 945 g/mol. The molecule has 0 spiro atoms. The number of ether oxygens (including phenoxy) is 3. The minimum Gasteiger partial charge on any atom is -0.497 e. The normalized spacial score (nSPS) is 28.9. The number of fused-ring (bicyclic) bond motifs is 1. The molecule has 2 aliphatic heterocycles. The van der Waals surface area contributed by atoms with Crippen LogP contribution in [0, 0.1) is 29.6 Å². The van der Waals surface area contributed by atoms with E-state index in [1.165, 1.54) is 37.8 Å². The number of nitrogens with zero attached hydrogens (tertiary/aromatic N) is 2. The van der Waals surface area contributed by atoms with Crippen LogP contribution >= 0.6 is 0 Å². The van der Waals surface area contributed by atoms with Crippen molar-refractivity contribution >= 4 is 41.5 Å². The number of nitrogens with one attached hydrogen (secondary N) is 4. The number of amides is 5. The first-order valence-electron chi connectivity index (χ1n) is 24.0. The second-order valence-corrected chi connectivity index (χ2v) is 19.7. The van der Waals surface area contributed by atoms with Crippen LogP contribution in [0.2, 0.25) is 0 Å². The maximum atomic E-state index is 14.7. The number of benzene rings is 1. The van der Waals surface area contributed by atoms with Gasteiger partial charge in [0.05, 0.1) is 37.6 Å². The number of methoxy groups -OCH3 is 1. The molecule has 0 unspecified atom stereocenters. The van der Waals surface area contributed by atoms with Crippen LogP contribution in [0.25, 0.3) is 0 Å². The lowest BCUT2D eigenvalue weighted by Crippen LogP contribution is -2.61. The molecular formula is C49H80N6O12. The molecule has 0 aromatic heterocycles. The van der Waals surface area contributed by atoms with Gasteiger partial charge < -0.3 is 55.5 Å². The summed E-state index contributed by atoms with van der Waals surface area (Å²) in [5.74, 6) is -6.42. The standard InChI is InChI=1S/C49H80N6O12/c1-14-29(8)40-38(56)25-39(57)67-43(28(6)7)42(58)30(9)44(59)51-35(23-27(4)5)47(62)55-21-15-16-36(55)48(63)54(12)37(24-32-17-19-33(65-13)20-18-32)49(64)66-31(10)41(46(61)52-40)53-45(60)34(50-11)22-26(2)3/h17-20,26-31,34-38,40-43,50,56,58H,14-16,21-25H2,1-13H3,(H,51,59)(H,52,61)(H,53,60)/t29-,30-,31+,34+,35-,36-,37-,38-,40-,41-,42-,43-/m0/s1. The molecule has 0 radical (unpaired) electrons. The Bertz CT molecular complexity index is 1830. The Kier molecular flexibility index (Phi) is 22.0. The zero-order valence-electron chi connectivity index (χ0n) is 42.0. The van der Waals surface area contributed by atoms with Crippen molar-refractivity contribution in [3.05, 3.63) is 29.8 Å². The maximum Gasteiger partial charge on any atom is 0.329 e. The Hall–Kier alpha value is -4.81. The molecule has 5 amide bonds. The van der Waals surface area contributed by atoms with Gasteiger partial charge in [0.2, 0.25) is 29.5 Å². The van der Waals surface area contributed by atoms with Gasteiger partial charge in [0.25, 0.3) is 0 Å². The summed E-state index contributed by atoms with van der Waals surface area (Å²) in [5, 5.41) is 34.6. The summed E-state index contributed by atoms with van der Waals surface area (Å²) in [7, 11) is 4.58. The van der Waals surface area contributed by atoms with Crippen molar-refractivity contribution in [3.8, 4) is 5.75 Å². The van der Waals surface area contributed by atoms with Gasteiger partial charge in [0.1, 0.15) is 48.2 Å². The molecule has 18 heteroatoms. The molecule has 18 nitrogen and oxygen atoms in total. The Labute approximate surface area is 397 Å². The summed E-state index contributed by atoms with van der Waals surface area (Å²) in [5.41, 5.74) is 0.638. The second kappa shape index (κ2) is 26.1. The zero-order chi connectivity index (χ0) is 50.4. The lowest BCUT2D eigenvalue weighted by atomic mass is 9.90. The van der Waals surface area contributed by atoms with E-state index in [4.69, 9.17) is 14.2 Å². The molecule has 67 heavy (non-hydrogen) atoms. The number of rotatable bonds is 13. The smallest absolute Gasteiger partial charge is 0.329 e. The van der Waals surface area contributed by atoms with E-state index < -0.39 is 126 Å². The summed E-state index contributed by atoms with van der Waals surface area (Å²) < 4.78 is 17.2. The van der Waals surface area contributed by atoms with E-state index in [9.17, 15) is 43.8 Å². The molecule has 6 N–H and O–H groups in total. The molecule has 0 aliphatic carbocycles. The SMILES string of the molecule is CC[C@H](C)[C@@H]1NC(=O)[C@@H](NC(=O)[C@@H](CC(C)C)NC)[C@@H](C)OC(=O)[C@H](Cc2ccc(OC)cc2)N(C)C(=O)[C@@H]2CCCN2C(=O)[C@H](CC(C)C)NC(=O)[C@@H](C)[C@H](O)[C@H](C(C)C)OC(=O)C[C@@H]1O. The highest BCUT2D eigenvalue weighted by atomic mass is 16.6. The van der Waals surface area contributed by atoms with Crippen LogP contribution in [0.3, 0.4) is 0 Å². The van der Waals surface area contributed by atoms with Gasteiger partial charge in [-0.15, -0.1) is 0 Å². The number of aliphatic hydroxyl groups excluding tert-OH is 2. The van der Waals surface area contributed by atoms with Gasteiger partial charge in [-0.2, -0.15) is 0 Å². The van der Waals surface area contributed by atoms with Crippen LogP contribution in [0.4, 0.5) is 0 Å². The van der Waals surface area contributed by atoms with Crippen molar-refractivity contribution in [1.82, 2.24) is 31.1 Å². The number of esters is 2. The summed E-state index contributed by atoms with van der Waals surface area (Å²) in [6, 6.07) is 0.165. The molecule has 1 aromatic carbocycles. The van der Waals surface area contributed by atoms with E-state index in [2.05, 4.69) is 21.3 Å². The van der Waals surface area contributed by atoms with E-state index in [1.54, 1.807) is 52.1 Å². The predicted molar refractivity (Wildman–Crippen MR) is 251 cm³/mol. The Morgan fingerprint density at radius 1 is 0.910 bits per heavy atom. The number of aliphatic hydroxyl groups is 2. The summed E-state index contributed by atoms with van der Waals surface area (Å²) in [6.45, 7) is 17.8. The summed E-state index contributed by atoms with van der Waals surface area (Å²) in [4.78, 5) is 102. The lowest BCUT2D eigenvalue weighted by molar-refractivity contribution is -0.166. The Balaban J connectivity index is 2.23. The topological polar surface area (TPSA) is 242 Å². The van der Waals surface area contributed by atoms with Crippen molar-refractivity contribution in [2.24, 2.45) is 29.6 Å². The fourth-order valence-electron chi connectivity index (χ4n) is 8.71. The molecule has 2 aliphatic rings. The van der Waals surface area contributed by atoms with Gasteiger partial charge in [0.15, 0.2) is 0 Å². The highest BCUT2D eigenvalue weighted by molar-refractivity contribution is 5.95. The van der Waals surface area contributed by atoms with Crippen LogP contribution in [-0.4, -0.2) is 150 Å². The third-order valence-corrected chi connectivity index (χ3v) is 13.1. The average Bonchev–Trinajstić information content (AvgIpc) is 3.77. The van der Waals surface area contributed by atoms with E-state index in [0.29, 0.717) is 30.6 Å². The third kappa shape index (κ3) is 15.6. The quantitative estimate of drug-likeness (QED) is 0.156. The molecule has 2 saturated heterocycles. The van der Waals surface area contributed by atoms with Crippen LogP contribution in [0.5, 0.6) is 5.75 Å². The molecule has 3 rings (SSSR count). The Morgan fingerprint density at radius 2 is 1.55 bits per heavy atom. The lowest BCUT2D eigenvalue weighted by Gasteiger charge is -2.35. The molecule has 2 heterocycles. The Morgan fingerprint density at radius 3 is 2.10 bits per heavy atom. The zero-order valence-corrected chi connectivity index (χ0v) is 42.0. The van der Waals surface area contributed by atoms with Gasteiger partial charge >= 0.3 is 11.9 Å². The predicted octanol–water partition coefficient (Wildman–Crippen LogP) is 2.50. The first-order chi connectivity index (χ1) is 31.4. The minimum atomic E-state index is -1.53. The number of hydrogen-bond acceptors (Lipinski definition) is 13. The van der Waals surface area contributed by atoms with Gasteiger partial charge in [-0.05, 0) is 81.0 Å². The first-order valence-corrected chi connectivity index (χ1v) is 24.0. The largest absolute Gasteiger partial charge is 0.497 e. The average molecular weight is 945 g/mol. The number of cyclic esters (lactones) is 2. The molecule has 378 valence electrons. The van der Waals surface area contributed by atoms with Gasteiger partial charge in [-0.3, -0.25) is 28.8 Å². The molecular weight excluding hydrogens is 865 g/mol. The van der Waals surface area contributed by atoms with E-state index in [0.717, 1.165) is 0 Å². The van der Waals surface area contributed by atoms with Crippen LogP contribution in [0.15, 0.2) is 24.3 Å². The molecule has 12 atom stereocenters. The number of hydrogen-bond donors (Lipinski definition) is 6. The fraction of sp³-hybridized carbons (Fsp3) is 0.735. The number of likely N-dealkylation sites (N-methyl/N-ethyl adjacent to an activating group) is 2. The van der Waals surface area contributed by atoms with Gasteiger partial charge in [-0.25, -0.2) is 4.79 Å². The molecule has 1 aromatic rings. The highest BCUT2D eigenvalue weighted by Gasteiger charge is 2.44. The molecule has 0 bridgehead atoms. The van der Waals surface area contributed by atoms with Crippen molar-refractivity contribution in [2.45, 2.75) is 175 Å². The van der Waals surface area contributed by atoms with Gasteiger partial charge in [-0.1, -0.05) is 80.9 Å². The summed E-state index contributed by atoms with van der Waals surface area (Å²) >= 11 is 0. The summed E-state index contributed by atoms with van der Waals surface area (Å²) in [6.07, 6.45) is -4.46. The minimum absolute atomic E-state index is 0.0418. The van der Waals surface area contributed by atoms with E-state index in [-0.39, 0.29) is 37.6 Å². The van der Waals surface area contributed by atoms with E-state index >= 15 is 0 Å². The van der Waals surface area contributed by atoms with Gasteiger partial charge in [0, 0.05) is 20.0 Å². The van der Waals surface area contributed by atoms with Crippen molar-refractivity contribution in [2.75, 3.05) is 27.7 Å². The van der Waals surface area contributed by atoms with Crippen molar-refractivity contribution < 1.29 is 58.0 Å². The third-order valence-electron chi connectivity index (χ3n) is 13.1.